The second kappa shape index (κ2) is 7.95. The van der Waals surface area contributed by atoms with Gasteiger partial charge >= 0.3 is 30.0 Å². The first-order valence-corrected chi connectivity index (χ1v) is 9.00. The predicted octanol–water partition coefficient (Wildman–Crippen LogP) is 2.72. The Hall–Kier alpha value is -2.73. The molecular formula is C16H11ClF4N3O4S+. The van der Waals surface area contributed by atoms with Crippen molar-refractivity contribution < 1.29 is 41.4 Å². The Morgan fingerprint density at radius 1 is 1.38 bits per heavy atom. The van der Waals surface area contributed by atoms with Gasteiger partial charge in [-0.1, -0.05) is 17.7 Å². The number of esters is 1. The maximum Gasteiger partial charge on any atom is 0.384 e. The number of imidazole rings is 1. The van der Waals surface area contributed by atoms with Gasteiger partial charge in [0.25, 0.3) is 11.3 Å². The predicted molar refractivity (Wildman–Crippen MR) is 91.7 cm³/mol. The molecule has 29 heavy (non-hydrogen) atoms. The summed E-state index contributed by atoms with van der Waals surface area (Å²) in [4.78, 5) is 28.8. The van der Waals surface area contributed by atoms with Crippen molar-refractivity contribution >= 4 is 40.3 Å². The van der Waals surface area contributed by atoms with Gasteiger partial charge in [0.15, 0.2) is 11.1 Å². The van der Waals surface area contributed by atoms with Gasteiger partial charge < -0.3 is 9.84 Å². The molecule has 0 aromatic carbocycles. The molecule has 0 aliphatic rings. The molecule has 0 aliphatic carbocycles. The van der Waals surface area contributed by atoms with E-state index in [1.807, 2.05) is 0 Å². The molecule has 7 nitrogen and oxygen atoms in total. The highest BCUT2D eigenvalue weighted by Crippen LogP contribution is 2.25. The van der Waals surface area contributed by atoms with Crippen LogP contribution in [0.2, 0.25) is 4.47 Å². The number of ketones is 1. The number of Topliss-reactive ketones (excluding diaryl/α,β-unsaturated/α-hetero) is 1. The van der Waals surface area contributed by atoms with Crippen molar-refractivity contribution in [3.05, 3.63) is 45.6 Å². The minimum absolute atomic E-state index is 0.0417. The number of halogens is 5. The van der Waals surface area contributed by atoms with Crippen molar-refractivity contribution in [3.63, 3.8) is 0 Å². The summed E-state index contributed by atoms with van der Waals surface area (Å²) in [5.74, 6) is -8.56. The minimum Gasteiger partial charge on any atom is -0.474 e. The molecule has 3 rings (SSSR count). The average molecular weight is 453 g/mol. The fraction of sp³-hybridized carbons (Fsp3) is 0.250. The molecule has 0 saturated carbocycles. The quantitative estimate of drug-likeness (QED) is 0.196. The van der Waals surface area contributed by atoms with E-state index in [0.29, 0.717) is 4.88 Å². The van der Waals surface area contributed by atoms with Gasteiger partial charge in [-0.15, -0.1) is 11.3 Å². The van der Waals surface area contributed by atoms with Crippen LogP contribution in [-0.4, -0.2) is 45.4 Å². The van der Waals surface area contributed by atoms with Crippen LogP contribution in [0, 0.1) is 0 Å². The Labute approximate surface area is 168 Å². The van der Waals surface area contributed by atoms with Crippen LogP contribution < -0.4 is 4.40 Å². The number of thiazole rings is 1. The zero-order valence-electron chi connectivity index (χ0n) is 14.2. The molecule has 3 aromatic heterocycles. The van der Waals surface area contributed by atoms with Crippen LogP contribution >= 0.6 is 22.9 Å². The smallest absolute Gasteiger partial charge is 0.384 e. The Morgan fingerprint density at radius 2 is 2.10 bits per heavy atom. The minimum atomic E-state index is -4.61. The topological polar surface area (TPSA) is 85.5 Å². The zero-order valence-corrected chi connectivity index (χ0v) is 15.8. The van der Waals surface area contributed by atoms with Crippen LogP contribution in [-0.2, 0) is 16.1 Å². The Morgan fingerprint density at radius 3 is 2.72 bits per heavy atom. The van der Waals surface area contributed by atoms with Crippen LogP contribution in [0.5, 0.6) is 5.88 Å². The summed E-state index contributed by atoms with van der Waals surface area (Å²) in [6, 6.07) is 4.66. The number of aromatic nitrogens is 3. The van der Waals surface area contributed by atoms with Crippen molar-refractivity contribution in [1.29, 1.82) is 0 Å². The second-order valence-corrected chi connectivity index (χ2v) is 7.43. The highest BCUT2D eigenvalue weighted by Gasteiger charge is 2.44. The summed E-state index contributed by atoms with van der Waals surface area (Å²) in [6.07, 6.45) is -1.26. The van der Waals surface area contributed by atoms with Gasteiger partial charge in [0.05, 0.1) is 11.1 Å². The lowest BCUT2D eigenvalue weighted by molar-refractivity contribution is -0.521. The number of nitrogens with zero attached hydrogens (tertiary/aromatic N) is 3. The third kappa shape index (κ3) is 4.17. The van der Waals surface area contributed by atoms with Crippen molar-refractivity contribution in [2.75, 3.05) is 6.61 Å². The molecule has 0 amide bonds. The standard InChI is InChI=1S/C16H10ClF4N3O4S/c17-15-22-5-8(29-15)6-24-9-3-1-2-4-23(9)12(26)10(24)11(25)13(27)28-7-16(20,21)14(18)19/h1-5,14H,6-7H2/p+1. The molecule has 0 aliphatic heterocycles. The van der Waals surface area contributed by atoms with Gasteiger partial charge in [-0.25, -0.2) is 23.1 Å². The molecule has 0 bridgehead atoms. The summed E-state index contributed by atoms with van der Waals surface area (Å²) < 4.78 is 57.1. The molecular weight excluding hydrogens is 442 g/mol. The summed E-state index contributed by atoms with van der Waals surface area (Å²) in [5.41, 5.74) is -0.283. The molecule has 0 saturated heterocycles. The second-order valence-electron chi connectivity index (χ2n) is 5.73. The van der Waals surface area contributed by atoms with E-state index in [-0.39, 0.29) is 16.7 Å². The molecule has 0 radical (unpaired) electrons. The van der Waals surface area contributed by atoms with E-state index in [1.165, 1.54) is 33.5 Å². The van der Waals surface area contributed by atoms with Crippen LogP contribution in [0.1, 0.15) is 15.4 Å². The Bertz CT molecular complexity index is 1090. The fourth-order valence-electron chi connectivity index (χ4n) is 2.47. The molecule has 0 spiro atoms. The van der Waals surface area contributed by atoms with Gasteiger partial charge in [-0.2, -0.15) is 13.2 Å². The van der Waals surface area contributed by atoms with E-state index in [4.69, 9.17) is 11.6 Å². The van der Waals surface area contributed by atoms with E-state index in [1.54, 1.807) is 6.07 Å². The highest BCUT2D eigenvalue weighted by atomic mass is 35.5. The number of ether oxygens (including phenoxy) is 1. The maximum atomic E-state index is 13.0. The molecule has 0 unspecified atom stereocenters. The van der Waals surface area contributed by atoms with E-state index < -0.39 is 42.3 Å². The normalized spacial score (nSPS) is 11.9. The first kappa shape index (κ1) is 21.0. The van der Waals surface area contributed by atoms with Crippen LogP contribution in [0.3, 0.4) is 0 Å². The number of hydrogen-bond acceptors (Lipinski definition) is 6. The lowest BCUT2D eigenvalue weighted by Gasteiger charge is -2.14. The van der Waals surface area contributed by atoms with Crippen LogP contribution in [0.4, 0.5) is 17.6 Å². The van der Waals surface area contributed by atoms with Gasteiger partial charge in [-0.05, 0) is 6.07 Å². The van der Waals surface area contributed by atoms with E-state index in [2.05, 4.69) is 9.72 Å². The van der Waals surface area contributed by atoms with E-state index in [9.17, 15) is 32.3 Å². The number of rotatable bonds is 7. The summed E-state index contributed by atoms with van der Waals surface area (Å²) >= 11 is 6.86. The van der Waals surface area contributed by atoms with Crippen molar-refractivity contribution in [2.24, 2.45) is 0 Å². The number of pyridine rings is 1. The lowest BCUT2D eigenvalue weighted by atomic mass is 10.2. The molecule has 154 valence electrons. The van der Waals surface area contributed by atoms with Gasteiger partial charge in [0, 0.05) is 12.3 Å². The first-order valence-electron chi connectivity index (χ1n) is 7.81. The number of hydrogen-bond donors (Lipinski definition) is 1. The summed E-state index contributed by atoms with van der Waals surface area (Å²) in [7, 11) is 0. The molecule has 3 heterocycles. The van der Waals surface area contributed by atoms with Gasteiger partial charge in [0.2, 0.25) is 0 Å². The Kier molecular flexibility index (Phi) is 5.75. The third-order valence-electron chi connectivity index (χ3n) is 3.78. The zero-order chi connectivity index (χ0) is 21.3. The number of aromatic hydroxyl groups is 1. The molecule has 0 fully saturated rings. The lowest BCUT2D eigenvalue weighted by Crippen LogP contribution is -2.35. The van der Waals surface area contributed by atoms with Crippen LogP contribution in [0.25, 0.3) is 5.65 Å². The molecule has 1 N–H and O–H groups in total. The third-order valence-corrected chi connectivity index (χ3v) is 4.88. The molecule has 13 heteroatoms. The van der Waals surface area contributed by atoms with Crippen molar-refractivity contribution in [2.45, 2.75) is 18.9 Å². The van der Waals surface area contributed by atoms with E-state index >= 15 is 0 Å². The SMILES string of the molecule is O=C(OCC(F)(F)C(F)F)C(=O)c1c(O)[n+]2ccccc2n1Cc1cnc(Cl)s1. The monoisotopic (exact) mass is 452 g/mol. The fourth-order valence-corrected chi connectivity index (χ4v) is 3.43. The summed E-state index contributed by atoms with van der Waals surface area (Å²) in [5, 5.41) is 10.4. The molecule has 3 aromatic rings. The Balaban J connectivity index is 1.97. The van der Waals surface area contributed by atoms with Gasteiger partial charge in [0.1, 0.15) is 6.54 Å². The largest absolute Gasteiger partial charge is 0.474 e. The number of fused-ring (bicyclic) bond motifs is 1. The van der Waals surface area contributed by atoms with E-state index in [0.717, 1.165) is 11.3 Å². The average Bonchev–Trinajstić information content (AvgIpc) is 3.21. The van der Waals surface area contributed by atoms with Gasteiger partial charge in [-0.3, -0.25) is 4.79 Å². The number of carbonyl (C=O) groups is 2. The maximum absolute atomic E-state index is 13.0. The number of carbonyl (C=O) groups excluding carboxylic acids is 2. The first-order chi connectivity index (χ1) is 13.6. The molecule has 0 atom stereocenters. The highest BCUT2D eigenvalue weighted by molar-refractivity contribution is 7.15. The number of alkyl halides is 4. The van der Waals surface area contributed by atoms with Crippen molar-refractivity contribution in [3.8, 4) is 5.88 Å². The summed E-state index contributed by atoms with van der Waals surface area (Å²) in [6.45, 7) is -2.02. The van der Waals surface area contributed by atoms with Crippen LogP contribution in [0.15, 0.2) is 30.6 Å². The van der Waals surface area contributed by atoms with Crippen molar-refractivity contribution in [1.82, 2.24) is 9.55 Å².